The number of hydrogen-bond donors (Lipinski definition) is 1. The summed E-state index contributed by atoms with van der Waals surface area (Å²) in [6, 6.07) is 9.51. The van der Waals surface area contributed by atoms with E-state index in [1.807, 2.05) is 0 Å². The summed E-state index contributed by atoms with van der Waals surface area (Å²) in [6.07, 6.45) is 11.1. The summed E-state index contributed by atoms with van der Waals surface area (Å²) in [7, 11) is 0. The number of rotatable bonds is 5. The molecule has 2 fully saturated rings. The average Bonchev–Trinajstić information content (AvgIpc) is 3.28. The highest BCUT2D eigenvalue weighted by atomic mass is 14.7. The van der Waals surface area contributed by atoms with Gasteiger partial charge < -0.3 is 5.73 Å². The van der Waals surface area contributed by atoms with Crippen LogP contribution < -0.4 is 5.73 Å². The van der Waals surface area contributed by atoms with E-state index in [4.69, 9.17) is 5.73 Å². The molecule has 114 valence electrons. The molecule has 2 saturated carbocycles. The van der Waals surface area contributed by atoms with Crippen molar-refractivity contribution < 1.29 is 0 Å². The van der Waals surface area contributed by atoms with Gasteiger partial charge >= 0.3 is 0 Å². The van der Waals surface area contributed by atoms with Gasteiger partial charge in [0, 0.05) is 6.04 Å². The largest absolute Gasteiger partial charge is 0.327 e. The molecule has 1 atom stereocenters. The Morgan fingerprint density at radius 1 is 1.19 bits per heavy atom. The van der Waals surface area contributed by atoms with Crippen molar-refractivity contribution in [1.82, 2.24) is 0 Å². The van der Waals surface area contributed by atoms with Crippen molar-refractivity contribution in [2.24, 2.45) is 17.6 Å². The number of aryl methyl sites for hydroxylation is 1. The molecule has 0 radical (unpaired) electrons. The molecule has 0 spiro atoms. The minimum absolute atomic E-state index is 0.375. The van der Waals surface area contributed by atoms with Crippen molar-refractivity contribution in [3.05, 3.63) is 48.0 Å². The lowest BCUT2D eigenvalue weighted by Crippen LogP contribution is -2.36. The molecule has 1 heteroatoms. The van der Waals surface area contributed by atoms with Crippen molar-refractivity contribution in [3.63, 3.8) is 0 Å². The molecule has 3 rings (SSSR count). The first-order chi connectivity index (χ1) is 10.1. The fourth-order valence-corrected chi connectivity index (χ4v) is 4.10. The Hall–Kier alpha value is -1.08. The van der Waals surface area contributed by atoms with Crippen LogP contribution >= 0.6 is 0 Å². The maximum absolute atomic E-state index is 6.60. The second-order valence-electron chi connectivity index (χ2n) is 7.42. The number of allylic oxidation sites excluding steroid dienone is 1. The van der Waals surface area contributed by atoms with E-state index < -0.39 is 0 Å². The van der Waals surface area contributed by atoms with Gasteiger partial charge in [-0.15, -0.1) is 6.58 Å². The molecule has 0 heterocycles. The maximum Gasteiger partial charge on any atom is 0.00756 e. The van der Waals surface area contributed by atoms with E-state index in [0.29, 0.717) is 11.5 Å². The molecular weight excluding hydrogens is 254 g/mol. The van der Waals surface area contributed by atoms with Gasteiger partial charge in [0.1, 0.15) is 0 Å². The Labute approximate surface area is 129 Å². The van der Waals surface area contributed by atoms with Gasteiger partial charge in [-0.3, -0.25) is 0 Å². The predicted octanol–water partition coefficient (Wildman–Crippen LogP) is 4.74. The summed E-state index contributed by atoms with van der Waals surface area (Å²) in [5, 5.41) is 0. The Morgan fingerprint density at radius 3 is 2.33 bits per heavy atom. The molecule has 0 bridgehead atoms. The second-order valence-corrected chi connectivity index (χ2v) is 7.42. The van der Waals surface area contributed by atoms with Crippen LogP contribution in [0.4, 0.5) is 0 Å². The molecule has 2 aliphatic carbocycles. The monoisotopic (exact) mass is 283 g/mol. The second kappa shape index (κ2) is 5.96. The maximum atomic E-state index is 6.60. The highest BCUT2D eigenvalue weighted by Crippen LogP contribution is 2.52. The van der Waals surface area contributed by atoms with E-state index in [0.717, 1.165) is 11.8 Å². The molecule has 1 aromatic rings. The van der Waals surface area contributed by atoms with Crippen LogP contribution in [0.3, 0.4) is 0 Å². The summed E-state index contributed by atoms with van der Waals surface area (Å²) in [6.45, 7) is 6.10. The summed E-state index contributed by atoms with van der Waals surface area (Å²) < 4.78 is 0. The van der Waals surface area contributed by atoms with Crippen LogP contribution in [-0.2, 0) is 5.41 Å². The van der Waals surface area contributed by atoms with Crippen molar-refractivity contribution >= 4 is 0 Å². The van der Waals surface area contributed by atoms with Crippen LogP contribution in [0.5, 0.6) is 0 Å². The third-order valence-electron chi connectivity index (χ3n) is 5.90. The molecule has 1 nitrogen and oxygen atoms in total. The van der Waals surface area contributed by atoms with Crippen molar-refractivity contribution in [2.45, 2.75) is 63.3 Å². The van der Waals surface area contributed by atoms with Crippen LogP contribution in [0.2, 0.25) is 0 Å². The van der Waals surface area contributed by atoms with Gasteiger partial charge in [0.2, 0.25) is 0 Å². The molecule has 0 aromatic heterocycles. The van der Waals surface area contributed by atoms with E-state index in [1.54, 1.807) is 0 Å². The van der Waals surface area contributed by atoms with Crippen LogP contribution in [-0.4, -0.2) is 6.04 Å². The molecular formula is C20H29N. The zero-order valence-corrected chi connectivity index (χ0v) is 13.4. The standard InChI is InChI=1S/C20H29N/c1-3-16-6-8-17(9-7-16)19(21)14-20(12-13-20)18-10-4-15(2)5-11-18/h3-5,10-11,16-17,19H,1,6-9,12-14,21H2,2H3. The normalized spacial score (nSPS) is 28.9. The number of hydrogen-bond acceptors (Lipinski definition) is 1. The lowest BCUT2D eigenvalue weighted by Gasteiger charge is -2.33. The zero-order valence-electron chi connectivity index (χ0n) is 13.4. The molecule has 0 saturated heterocycles. The third kappa shape index (κ3) is 3.23. The average molecular weight is 283 g/mol. The van der Waals surface area contributed by atoms with E-state index in [9.17, 15) is 0 Å². The lowest BCUT2D eigenvalue weighted by atomic mass is 9.75. The topological polar surface area (TPSA) is 26.0 Å². The molecule has 21 heavy (non-hydrogen) atoms. The van der Waals surface area contributed by atoms with Gasteiger partial charge in [-0.1, -0.05) is 35.9 Å². The van der Waals surface area contributed by atoms with Crippen LogP contribution in [0.1, 0.15) is 56.1 Å². The van der Waals surface area contributed by atoms with E-state index in [2.05, 4.69) is 43.8 Å². The Morgan fingerprint density at radius 2 is 1.81 bits per heavy atom. The molecule has 0 aliphatic heterocycles. The Kier molecular flexibility index (Phi) is 4.21. The molecule has 0 amide bonds. The minimum Gasteiger partial charge on any atom is -0.327 e. The first kappa shape index (κ1) is 14.8. The third-order valence-corrected chi connectivity index (χ3v) is 5.90. The van der Waals surface area contributed by atoms with E-state index in [-0.39, 0.29) is 0 Å². The number of benzene rings is 1. The van der Waals surface area contributed by atoms with Gasteiger partial charge in [0.05, 0.1) is 0 Å². The molecule has 2 aliphatic rings. The van der Waals surface area contributed by atoms with Gasteiger partial charge in [-0.25, -0.2) is 0 Å². The fourth-order valence-electron chi connectivity index (χ4n) is 4.10. The van der Waals surface area contributed by atoms with Crippen molar-refractivity contribution in [2.75, 3.05) is 0 Å². The van der Waals surface area contributed by atoms with Crippen LogP contribution in [0, 0.1) is 18.8 Å². The first-order valence-corrected chi connectivity index (χ1v) is 8.58. The Balaban J connectivity index is 1.61. The van der Waals surface area contributed by atoms with Crippen molar-refractivity contribution in [3.8, 4) is 0 Å². The van der Waals surface area contributed by atoms with Gasteiger partial charge in [-0.2, -0.15) is 0 Å². The van der Waals surface area contributed by atoms with E-state index >= 15 is 0 Å². The Bertz CT molecular complexity index is 475. The predicted molar refractivity (Wildman–Crippen MR) is 90.3 cm³/mol. The van der Waals surface area contributed by atoms with Gasteiger partial charge in [0.15, 0.2) is 0 Å². The van der Waals surface area contributed by atoms with Crippen molar-refractivity contribution in [1.29, 1.82) is 0 Å². The smallest absolute Gasteiger partial charge is 0.00756 e. The van der Waals surface area contributed by atoms with Crippen LogP contribution in [0.15, 0.2) is 36.9 Å². The SMILES string of the molecule is C=CC1CCC(C(N)CC2(c3ccc(C)cc3)CC2)CC1. The summed E-state index contributed by atoms with van der Waals surface area (Å²) in [4.78, 5) is 0. The van der Waals surface area contributed by atoms with Gasteiger partial charge in [0.25, 0.3) is 0 Å². The summed E-state index contributed by atoms with van der Waals surface area (Å²) in [5.41, 5.74) is 9.87. The highest BCUT2D eigenvalue weighted by molar-refractivity contribution is 5.33. The van der Waals surface area contributed by atoms with Crippen LogP contribution in [0.25, 0.3) is 0 Å². The zero-order chi connectivity index (χ0) is 14.9. The highest BCUT2D eigenvalue weighted by Gasteiger charge is 2.46. The summed E-state index contributed by atoms with van der Waals surface area (Å²) in [5.74, 6) is 1.46. The fraction of sp³-hybridized carbons (Fsp3) is 0.600. The van der Waals surface area contributed by atoms with Gasteiger partial charge in [-0.05, 0) is 74.7 Å². The first-order valence-electron chi connectivity index (χ1n) is 8.58. The van der Waals surface area contributed by atoms with E-state index in [1.165, 1.54) is 56.1 Å². The molecule has 1 aromatic carbocycles. The number of nitrogens with two attached hydrogens (primary N) is 1. The summed E-state index contributed by atoms with van der Waals surface area (Å²) >= 11 is 0. The molecule has 2 N–H and O–H groups in total. The molecule has 1 unspecified atom stereocenters. The lowest BCUT2D eigenvalue weighted by molar-refractivity contribution is 0.252. The minimum atomic E-state index is 0.375. The quantitative estimate of drug-likeness (QED) is 0.776.